The van der Waals surface area contributed by atoms with Crippen LogP contribution in [0.3, 0.4) is 0 Å². The first-order chi connectivity index (χ1) is 14.1. The molecule has 0 radical (unpaired) electrons. The molecule has 2 aromatic carbocycles. The van der Waals surface area contributed by atoms with Gasteiger partial charge in [0.15, 0.2) is 0 Å². The fourth-order valence-electron chi connectivity index (χ4n) is 4.02. The van der Waals surface area contributed by atoms with E-state index in [1.165, 1.54) is 4.90 Å². The summed E-state index contributed by atoms with van der Waals surface area (Å²) in [6.45, 7) is 1.96. The number of amides is 3. The SMILES string of the molecule is COc1ccccc1C1CNCCN1C(=O)CCN1C(=O)c2ccccc2C1=O. The number of hydrogen-bond donors (Lipinski definition) is 1. The molecule has 4 rings (SSSR count). The minimum absolute atomic E-state index is 0.0771. The average Bonchev–Trinajstić information content (AvgIpc) is 3.02. The highest BCUT2D eigenvalue weighted by atomic mass is 16.5. The topological polar surface area (TPSA) is 79.0 Å². The van der Waals surface area contributed by atoms with E-state index in [1.807, 2.05) is 29.2 Å². The quantitative estimate of drug-likeness (QED) is 0.785. The Labute approximate surface area is 169 Å². The Kier molecular flexibility index (Phi) is 5.31. The first-order valence-electron chi connectivity index (χ1n) is 9.70. The molecule has 1 N–H and O–H groups in total. The van der Waals surface area contributed by atoms with Gasteiger partial charge < -0.3 is 15.0 Å². The van der Waals surface area contributed by atoms with Crippen LogP contribution in [0.1, 0.15) is 38.7 Å². The Hall–Kier alpha value is -3.19. The van der Waals surface area contributed by atoms with E-state index in [9.17, 15) is 14.4 Å². The van der Waals surface area contributed by atoms with E-state index < -0.39 is 0 Å². The van der Waals surface area contributed by atoms with Crippen molar-refractivity contribution in [2.24, 2.45) is 0 Å². The second-order valence-electron chi connectivity index (χ2n) is 7.11. The lowest BCUT2D eigenvalue weighted by atomic mass is 10.0. The predicted octanol–water partition coefficient (Wildman–Crippen LogP) is 1.85. The number of carbonyl (C=O) groups excluding carboxylic acids is 3. The average molecular weight is 393 g/mol. The Morgan fingerprint density at radius 3 is 2.41 bits per heavy atom. The molecule has 0 saturated carbocycles. The fourth-order valence-corrected chi connectivity index (χ4v) is 4.02. The maximum absolute atomic E-state index is 13.0. The van der Waals surface area contributed by atoms with Gasteiger partial charge in [-0.2, -0.15) is 0 Å². The van der Waals surface area contributed by atoms with Crippen LogP contribution < -0.4 is 10.1 Å². The molecule has 1 unspecified atom stereocenters. The Balaban J connectivity index is 1.48. The monoisotopic (exact) mass is 393 g/mol. The Morgan fingerprint density at radius 2 is 1.72 bits per heavy atom. The summed E-state index contributed by atoms with van der Waals surface area (Å²) in [5, 5.41) is 3.32. The summed E-state index contributed by atoms with van der Waals surface area (Å²) >= 11 is 0. The van der Waals surface area contributed by atoms with Crippen molar-refractivity contribution in [2.45, 2.75) is 12.5 Å². The highest BCUT2D eigenvalue weighted by Crippen LogP contribution is 2.31. The minimum Gasteiger partial charge on any atom is -0.496 e. The number of nitrogens with zero attached hydrogens (tertiary/aromatic N) is 2. The normalized spacial score (nSPS) is 18.7. The molecule has 29 heavy (non-hydrogen) atoms. The van der Waals surface area contributed by atoms with Crippen molar-refractivity contribution in [2.75, 3.05) is 33.3 Å². The summed E-state index contributed by atoms with van der Waals surface area (Å²) in [7, 11) is 1.61. The van der Waals surface area contributed by atoms with Crippen molar-refractivity contribution in [1.82, 2.24) is 15.1 Å². The van der Waals surface area contributed by atoms with E-state index >= 15 is 0 Å². The van der Waals surface area contributed by atoms with Crippen LogP contribution in [-0.2, 0) is 4.79 Å². The van der Waals surface area contributed by atoms with Gasteiger partial charge in [-0.1, -0.05) is 30.3 Å². The van der Waals surface area contributed by atoms with Crippen molar-refractivity contribution in [3.05, 3.63) is 65.2 Å². The van der Waals surface area contributed by atoms with Crippen LogP contribution in [0.25, 0.3) is 0 Å². The maximum Gasteiger partial charge on any atom is 0.261 e. The first-order valence-corrected chi connectivity index (χ1v) is 9.70. The highest BCUT2D eigenvalue weighted by Gasteiger charge is 2.36. The van der Waals surface area contributed by atoms with Crippen molar-refractivity contribution in [3.63, 3.8) is 0 Å². The highest BCUT2D eigenvalue weighted by molar-refractivity contribution is 6.21. The van der Waals surface area contributed by atoms with Crippen LogP contribution in [-0.4, -0.2) is 60.8 Å². The van der Waals surface area contributed by atoms with Crippen LogP contribution >= 0.6 is 0 Å². The number of benzene rings is 2. The zero-order valence-corrected chi connectivity index (χ0v) is 16.3. The molecule has 1 fully saturated rings. The molecule has 0 spiro atoms. The molecule has 2 aliphatic heterocycles. The van der Waals surface area contributed by atoms with Gasteiger partial charge in [-0.15, -0.1) is 0 Å². The van der Waals surface area contributed by atoms with E-state index in [4.69, 9.17) is 4.74 Å². The third-order valence-corrected chi connectivity index (χ3v) is 5.49. The number of rotatable bonds is 5. The molecule has 0 bridgehead atoms. The van der Waals surface area contributed by atoms with E-state index in [1.54, 1.807) is 31.4 Å². The molecule has 7 heteroatoms. The van der Waals surface area contributed by atoms with Crippen molar-refractivity contribution in [3.8, 4) is 5.75 Å². The van der Waals surface area contributed by atoms with Crippen LogP contribution in [0.4, 0.5) is 0 Å². The molecule has 7 nitrogen and oxygen atoms in total. The Bertz CT molecular complexity index is 924. The van der Waals surface area contributed by atoms with Gasteiger partial charge in [0.2, 0.25) is 5.91 Å². The zero-order valence-electron chi connectivity index (χ0n) is 16.3. The first kappa shape index (κ1) is 19.1. The molecule has 2 heterocycles. The molecule has 1 atom stereocenters. The summed E-state index contributed by atoms with van der Waals surface area (Å²) in [6, 6.07) is 14.3. The molecule has 0 aliphatic carbocycles. The summed E-state index contributed by atoms with van der Waals surface area (Å²) in [6.07, 6.45) is 0.0944. The maximum atomic E-state index is 13.0. The Morgan fingerprint density at radius 1 is 1.07 bits per heavy atom. The number of carbonyl (C=O) groups is 3. The van der Waals surface area contributed by atoms with E-state index in [0.29, 0.717) is 30.8 Å². The molecular weight excluding hydrogens is 370 g/mol. The van der Waals surface area contributed by atoms with E-state index in [2.05, 4.69) is 5.32 Å². The molecule has 3 amide bonds. The number of methoxy groups -OCH3 is 1. The standard InChI is InChI=1S/C22H23N3O4/c1-29-19-9-5-4-8-17(19)18-14-23-11-13-24(18)20(26)10-12-25-21(27)15-6-2-3-7-16(15)22(25)28/h2-9,18,23H,10-14H2,1H3. The smallest absolute Gasteiger partial charge is 0.261 e. The number of fused-ring (bicyclic) bond motifs is 1. The third-order valence-electron chi connectivity index (χ3n) is 5.49. The summed E-state index contributed by atoms with van der Waals surface area (Å²) < 4.78 is 5.47. The summed E-state index contributed by atoms with van der Waals surface area (Å²) in [5.41, 5.74) is 1.74. The van der Waals surface area contributed by atoms with E-state index in [0.717, 1.165) is 11.3 Å². The van der Waals surface area contributed by atoms with Gasteiger partial charge in [0.05, 0.1) is 24.3 Å². The van der Waals surface area contributed by atoms with Gasteiger partial charge in [-0.05, 0) is 18.2 Å². The molecule has 2 aromatic rings. The van der Waals surface area contributed by atoms with Crippen molar-refractivity contribution in [1.29, 1.82) is 0 Å². The number of hydrogen-bond acceptors (Lipinski definition) is 5. The van der Waals surface area contributed by atoms with Crippen LogP contribution in [0, 0.1) is 0 Å². The van der Waals surface area contributed by atoms with Gasteiger partial charge in [0.1, 0.15) is 5.75 Å². The second kappa shape index (κ2) is 8.05. The molecule has 2 aliphatic rings. The van der Waals surface area contributed by atoms with Gasteiger partial charge in [-0.3, -0.25) is 19.3 Å². The number of piperazine rings is 1. The number of para-hydroxylation sites is 1. The number of ether oxygens (including phenoxy) is 1. The number of imide groups is 1. The van der Waals surface area contributed by atoms with Crippen molar-refractivity contribution < 1.29 is 19.1 Å². The van der Waals surface area contributed by atoms with Gasteiger partial charge in [0.25, 0.3) is 11.8 Å². The summed E-state index contributed by atoms with van der Waals surface area (Å²) in [5.74, 6) is -0.0155. The molecule has 150 valence electrons. The van der Waals surface area contributed by atoms with Gasteiger partial charge in [-0.25, -0.2) is 0 Å². The molecule has 0 aromatic heterocycles. The van der Waals surface area contributed by atoms with Crippen molar-refractivity contribution >= 4 is 17.7 Å². The van der Waals surface area contributed by atoms with Gasteiger partial charge >= 0.3 is 0 Å². The second-order valence-corrected chi connectivity index (χ2v) is 7.11. The predicted molar refractivity (Wildman–Crippen MR) is 107 cm³/mol. The lowest BCUT2D eigenvalue weighted by Gasteiger charge is -2.37. The molecule has 1 saturated heterocycles. The van der Waals surface area contributed by atoms with Crippen LogP contribution in [0.15, 0.2) is 48.5 Å². The fraction of sp³-hybridized carbons (Fsp3) is 0.318. The largest absolute Gasteiger partial charge is 0.496 e. The number of nitrogens with one attached hydrogen (secondary N) is 1. The van der Waals surface area contributed by atoms with Gasteiger partial charge in [0, 0.05) is 38.2 Å². The lowest BCUT2D eigenvalue weighted by Crippen LogP contribution is -2.49. The van der Waals surface area contributed by atoms with Crippen LogP contribution in [0.2, 0.25) is 0 Å². The summed E-state index contributed by atoms with van der Waals surface area (Å²) in [4.78, 5) is 41.1. The zero-order chi connectivity index (χ0) is 20.4. The van der Waals surface area contributed by atoms with E-state index in [-0.39, 0.29) is 36.7 Å². The lowest BCUT2D eigenvalue weighted by molar-refractivity contribution is -0.134. The van der Waals surface area contributed by atoms with Crippen LogP contribution in [0.5, 0.6) is 5.75 Å². The third kappa shape index (κ3) is 3.49. The molecular formula is C22H23N3O4. The minimum atomic E-state index is -0.333.